The Kier molecular flexibility index (Phi) is 7.53. The molecule has 1 amide bonds. The van der Waals surface area contributed by atoms with Gasteiger partial charge in [0.25, 0.3) is 0 Å². The van der Waals surface area contributed by atoms with Crippen LogP contribution < -0.4 is 10.1 Å². The summed E-state index contributed by atoms with van der Waals surface area (Å²) in [5, 5.41) is 12.5. The topological polar surface area (TPSA) is 61.8 Å². The number of ether oxygens (including phenoxy) is 1. The zero-order chi connectivity index (χ0) is 17.4. The van der Waals surface area contributed by atoms with Gasteiger partial charge >= 0.3 is 0 Å². The molecule has 1 saturated heterocycles. The maximum Gasteiger partial charge on any atom is 0.234 e. The Balaban J connectivity index is 1.96. The van der Waals surface area contributed by atoms with Crippen molar-refractivity contribution in [2.75, 3.05) is 32.8 Å². The third-order valence-corrected chi connectivity index (χ3v) is 4.57. The molecule has 2 N–H and O–H groups in total. The maximum absolute atomic E-state index is 12.5. The van der Waals surface area contributed by atoms with E-state index in [-0.39, 0.29) is 18.6 Å². The molecule has 24 heavy (non-hydrogen) atoms. The number of aliphatic hydroxyl groups is 1. The van der Waals surface area contributed by atoms with Crippen molar-refractivity contribution in [3.05, 3.63) is 29.8 Å². The molecule has 5 heteroatoms. The SMILES string of the molecule is CCOc1ccccc1C(CC)NC(=O)CN1CCCC(CO)C1. The zero-order valence-corrected chi connectivity index (χ0v) is 14.8. The molecule has 0 spiro atoms. The van der Waals surface area contributed by atoms with Gasteiger partial charge in [0, 0.05) is 18.7 Å². The molecule has 1 heterocycles. The van der Waals surface area contributed by atoms with E-state index in [0.717, 1.165) is 43.7 Å². The highest BCUT2D eigenvalue weighted by atomic mass is 16.5. The van der Waals surface area contributed by atoms with Gasteiger partial charge in [0.15, 0.2) is 0 Å². The summed E-state index contributed by atoms with van der Waals surface area (Å²) in [6.45, 7) is 6.96. The van der Waals surface area contributed by atoms with Gasteiger partial charge in [0.2, 0.25) is 5.91 Å². The average Bonchev–Trinajstić information content (AvgIpc) is 2.61. The number of likely N-dealkylation sites (tertiary alicyclic amines) is 1. The van der Waals surface area contributed by atoms with Crippen LogP contribution in [0.3, 0.4) is 0 Å². The minimum absolute atomic E-state index is 0.0340. The first-order valence-corrected chi connectivity index (χ1v) is 9.02. The third kappa shape index (κ3) is 5.21. The number of nitrogens with zero attached hydrogens (tertiary/aromatic N) is 1. The molecule has 0 aliphatic carbocycles. The number of hydrogen-bond acceptors (Lipinski definition) is 4. The first kappa shape index (κ1) is 18.7. The lowest BCUT2D eigenvalue weighted by Crippen LogP contribution is -2.44. The number of hydrogen-bond donors (Lipinski definition) is 2. The highest BCUT2D eigenvalue weighted by molar-refractivity contribution is 5.78. The van der Waals surface area contributed by atoms with Gasteiger partial charge in [-0.05, 0) is 44.7 Å². The van der Waals surface area contributed by atoms with E-state index in [0.29, 0.717) is 19.1 Å². The van der Waals surface area contributed by atoms with Crippen molar-refractivity contribution in [3.63, 3.8) is 0 Å². The molecule has 1 aromatic rings. The molecule has 2 unspecified atom stereocenters. The Hall–Kier alpha value is -1.59. The summed E-state index contributed by atoms with van der Waals surface area (Å²) < 4.78 is 5.69. The smallest absolute Gasteiger partial charge is 0.234 e. The Morgan fingerprint density at radius 1 is 1.42 bits per heavy atom. The number of rotatable bonds is 8. The summed E-state index contributed by atoms with van der Waals surface area (Å²) in [7, 11) is 0. The van der Waals surface area contributed by atoms with Crippen LogP contribution in [0.1, 0.15) is 44.7 Å². The van der Waals surface area contributed by atoms with E-state index in [4.69, 9.17) is 4.74 Å². The largest absolute Gasteiger partial charge is 0.494 e. The van der Waals surface area contributed by atoms with Gasteiger partial charge in [-0.3, -0.25) is 9.69 Å². The summed E-state index contributed by atoms with van der Waals surface area (Å²) in [4.78, 5) is 14.6. The second-order valence-corrected chi connectivity index (χ2v) is 6.43. The highest BCUT2D eigenvalue weighted by Gasteiger charge is 2.22. The van der Waals surface area contributed by atoms with Crippen molar-refractivity contribution < 1.29 is 14.6 Å². The average molecular weight is 334 g/mol. The number of nitrogens with one attached hydrogen (secondary N) is 1. The highest BCUT2D eigenvalue weighted by Crippen LogP contribution is 2.27. The standard InChI is InChI=1S/C19H30N2O3/c1-3-17(16-9-5-6-10-18(16)24-4-2)20-19(23)13-21-11-7-8-15(12-21)14-22/h5-6,9-10,15,17,22H,3-4,7-8,11-14H2,1-2H3,(H,20,23). The molecular formula is C19H30N2O3. The number of carbonyl (C=O) groups is 1. The molecule has 1 fully saturated rings. The summed E-state index contributed by atoms with van der Waals surface area (Å²) in [6.07, 6.45) is 2.91. The predicted octanol–water partition coefficient (Wildman–Crippen LogP) is 2.36. The molecule has 2 atom stereocenters. The minimum atomic E-state index is -0.0429. The van der Waals surface area contributed by atoms with Gasteiger partial charge in [0.1, 0.15) is 5.75 Å². The molecule has 1 aliphatic rings. The second kappa shape index (κ2) is 9.64. The predicted molar refractivity (Wildman–Crippen MR) is 95.0 cm³/mol. The number of benzene rings is 1. The molecule has 134 valence electrons. The molecule has 2 rings (SSSR count). The van der Waals surface area contributed by atoms with Crippen molar-refractivity contribution in [1.82, 2.24) is 10.2 Å². The van der Waals surface area contributed by atoms with Crippen molar-refractivity contribution in [3.8, 4) is 5.75 Å². The van der Waals surface area contributed by atoms with Gasteiger partial charge in [-0.2, -0.15) is 0 Å². The fraction of sp³-hybridized carbons (Fsp3) is 0.632. The summed E-state index contributed by atoms with van der Waals surface area (Å²) in [5.74, 6) is 1.17. The van der Waals surface area contributed by atoms with E-state index in [1.165, 1.54) is 0 Å². The number of piperidine rings is 1. The molecular weight excluding hydrogens is 304 g/mol. The van der Waals surface area contributed by atoms with E-state index in [9.17, 15) is 9.90 Å². The quantitative estimate of drug-likeness (QED) is 0.766. The van der Waals surface area contributed by atoms with Gasteiger partial charge < -0.3 is 15.2 Å². The first-order valence-electron chi connectivity index (χ1n) is 9.02. The fourth-order valence-corrected chi connectivity index (χ4v) is 3.34. The molecule has 5 nitrogen and oxygen atoms in total. The Morgan fingerprint density at radius 3 is 2.92 bits per heavy atom. The number of aliphatic hydroxyl groups excluding tert-OH is 1. The van der Waals surface area contributed by atoms with Gasteiger partial charge in [-0.15, -0.1) is 0 Å². The van der Waals surface area contributed by atoms with Crippen molar-refractivity contribution in [2.45, 2.75) is 39.2 Å². The lowest BCUT2D eigenvalue weighted by atomic mass is 9.99. The number of amides is 1. The fourth-order valence-electron chi connectivity index (χ4n) is 3.34. The van der Waals surface area contributed by atoms with E-state index < -0.39 is 0 Å². The monoisotopic (exact) mass is 334 g/mol. The van der Waals surface area contributed by atoms with Crippen LogP contribution in [-0.2, 0) is 4.79 Å². The van der Waals surface area contributed by atoms with Crippen LogP contribution in [0.4, 0.5) is 0 Å². The summed E-state index contributed by atoms with van der Waals surface area (Å²) >= 11 is 0. The van der Waals surface area contributed by atoms with Crippen LogP contribution in [0.2, 0.25) is 0 Å². The summed E-state index contributed by atoms with van der Waals surface area (Å²) in [6, 6.07) is 7.85. The van der Waals surface area contributed by atoms with E-state index >= 15 is 0 Å². The molecule has 0 aromatic heterocycles. The van der Waals surface area contributed by atoms with Crippen LogP contribution in [-0.4, -0.2) is 48.8 Å². The number of para-hydroxylation sites is 1. The second-order valence-electron chi connectivity index (χ2n) is 6.43. The van der Waals surface area contributed by atoms with Crippen LogP contribution in [0.5, 0.6) is 5.75 Å². The Labute approximate surface area is 145 Å². The Bertz CT molecular complexity index is 521. The van der Waals surface area contributed by atoms with Crippen LogP contribution >= 0.6 is 0 Å². The first-order chi connectivity index (χ1) is 11.7. The maximum atomic E-state index is 12.5. The number of carbonyl (C=O) groups excluding carboxylic acids is 1. The van der Waals surface area contributed by atoms with E-state index in [1.54, 1.807) is 0 Å². The molecule has 0 saturated carbocycles. The minimum Gasteiger partial charge on any atom is -0.494 e. The summed E-state index contributed by atoms with van der Waals surface area (Å²) in [5.41, 5.74) is 1.03. The van der Waals surface area contributed by atoms with Gasteiger partial charge in [-0.1, -0.05) is 25.1 Å². The normalized spacial score (nSPS) is 19.7. The van der Waals surface area contributed by atoms with Crippen LogP contribution in [0.15, 0.2) is 24.3 Å². The lowest BCUT2D eigenvalue weighted by Gasteiger charge is -2.31. The van der Waals surface area contributed by atoms with Gasteiger partial charge in [0.05, 0.1) is 19.2 Å². The van der Waals surface area contributed by atoms with E-state index in [1.807, 2.05) is 31.2 Å². The van der Waals surface area contributed by atoms with Crippen molar-refractivity contribution >= 4 is 5.91 Å². The van der Waals surface area contributed by atoms with Crippen LogP contribution in [0, 0.1) is 5.92 Å². The van der Waals surface area contributed by atoms with E-state index in [2.05, 4.69) is 17.1 Å². The molecule has 0 radical (unpaired) electrons. The lowest BCUT2D eigenvalue weighted by molar-refractivity contribution is -0.123. The van der Waals surface area contributed by atoms with Crippen molar-refractivity contribution in [2.24, 2.45) is 5.92 Å². The van der Waals surface area contributed by atoms with Crippen molar-refractivity contribution in [1.29, 1.82) is 0 Å². The molecule has 1 aliphatic heterocycles. The van der Waals surface area contributed by atoms with Crippen LogP contribution in [0.25, 0.3) is 0 Å². The molecule has 0 bridgehead atoms. The van der Waals surface area contributed by atoms with Gasteiger partial charge in [-0.25, -0.2) is 0 Å². The zero-order valence-electron chi connectivity index (χ0n) is 14.8. The third-order valence-electron chi connectivity index (χ3n) is 4.57. The Morgan fingerprint density at radius 2 is 2.21 bits per heavy atom. The molecule has 1 aromatic carbocycles.